The number of pyridine rings is 1. The van der Waals surface area contributed by atoms with E-state index in [0.29, 0.717) is 5.92 Å². The predicted octanol–water partition coefficient (Wildman–Crippen LogP) is 12.9. The second-order valence-corrected chi connectivity index (χ2v) is 17.1. The molecule has 0 atom stereocenters. The highest BCUT2D eigenvalue weighted by Crippen LogP contribution is 2.35. The summed E-state index contributed by atoms with van der Waals surface area (Å²) >= 11 is 0. The summed E-state index contributed by atoms with van der Waals surface area (Å²) in [5.74, 6) is -68.9. The summed E-state index contributed by atoms with van der Waals surface area (Å²) in [7, 11) is 0. The van der Waals surface area contributed by atoms with Crippen LogP contribution < -0.4 is 31.2 Å². The molecule has 0 N–H and O–H groups in total. The van der Waals surface area contributed by atoms with Gasteiger partial charge in [-0.25, -0.2) is 87.8 Å². The van der Waals surface area contributed by atoms with Crippen molar-refractivity contribution in [3.05, 3.63) is 219 Å². The van der Waals surface area contributed by atoms with Crippen LogP contribution in [0.1, 0.15) is 49.1 Å². The Kier molecular flexibility index (Phi) is 15.0. The van der Waals surface area contributed by atoms with Crippen LogP contribution in [0.4, 0.5) is 87.8 Å². The molecule has 0 spiro atoms. The molecule has 75 heavy (non-hydrogen) atoms. The average Bonchev–Trinajstić information content (AvgIpc) is 3.42. The lowest BCUT2D eigenvalue weighted by Crippen LogP contribution is -2.81. The number of halogens is 20. The first-order valence-corrected chi connectivity index (χ1v) is 22.0. The fraction of sp³-hybridized carbons (Fsp3) is 0.135. The molecule has 1 heterocycles. The highest BCUT2D eigenvalue weighted by molar-refractivity contribution is 7.20. The molecular weight excluding hydrogens is 1050 g/mol. The molecule has 0 amide bonds. The summed E-state index contributed by atoms with van der Waals surface area (Å²) in [4.78, 5) is 0. The Morgan fingerprint density at radius 3 is 1.11 bits per heavy atom. The zero-order valence-corrected chi connectivity index (χ0v) is 37.5. The zero-order valence-electron chi connectivity index (χ0n) is 37.5. The molecular formula is C52H28BF20NO. The normalized spacial score (nSPS) is 13.1. The molecule has 7 aromatic carbocycles. The summed E-state index contributed by atoms with van der Waals surface area (Å²) in [5, 5.41) is 2.32. The van der Waals surface area contributed by atoms with Crippen molar-refractivity contribution in [2.75, 3.05) is 0 Å². The lowest BCUT2D eigenvalue weighted by atomic mass is 9.12. The summed E-state index contributed by atoms with van der Waals surface area (Å²) in [6, 6.07) is 29.9. The Morgan fingerprint density at radius 1 is 0.373 bits per heavy atom. The van der Waals surface area contributed by atoms with Crippen molar-refractivity contribution in [1.29, 1.82) is 0 Å². The molecule has 0 radical (unpaired) electrons. The first-order chi connectivity index (χ1) is 35.6. The van der Waals surface area contributed by atoms with Crippen molar-refractivity contribution in [1.82, 2.24) is 0 Å². The van der Waals surface area contributed by atoms with Crippen LogP contribution >= 0.6 is 0 Å². The van der Waals surface area contributed by atoms with Crippen LogP contribution in [0.5, 0.6) is 11.6 Å². The van der Waals surface area contributed by atoms with Crippen LogP contribution in [0.25, 0.3) is 10.8 Å². The Morgan fingerprint density at radius 2 is 0.720 bits per heavy atom. The molecule has 1 fully saturated rings. The fourth-order valence-corrected chi connectivity index (χ4v) is 9.48. The molecule has 0 aliphatic heterocycles. The third-order valence-corrected chi connectivity index (χ3v) is 13.0. The zero-order chi connectivity index (χ0) is 54.5. The molecule has 0 unspecified atom stereocenters. The maximum absolute atomic E-state index is 15.4. The Labute approximate surface area is 410 Å². The van der Waals surface area contributed by atoms with Crippen molar-refractivity contribution in [3.63, 3.8) is 0 Å². The van der Waals surface area contributed by atoms with E-state index in [9.17, 15) is 52.7 Å². The van der Waals surface area contributed by atoms with Gasteiger partial charge in [0.15, 0.2) is 82.5 Å². The standard InChI is InChI=1S/C28H28NO.C24BF20/c1-3-9-22(10-4-1)21-29-20-19-25-13-7-8-14-27(25)28(29)30-26-17-15-24(16-18-26)23-11-5-2-6-12-23;26-5-1(6(27)14(35)21(42)13(5)34)25(2-7(28)15(36)22(43)16(37)8(2)29,3-9(30)17(38)23(44)18(39)10(3)31)4-11(32)19(40)24(45)20(41)12(4)33/h1,3-4,7-10,13-20,23H,2,5-6,11-12,21H2;/q+1;-1. The van der Waals surface area contributed by atoms with Gasteiger partial charge in [-0.2, -0.15) is 4.57 Å². The molecule has 23 heteroatoms. The molecule has 1 aliphatic carbocycles. The summed E-state index contributed by atoms with van der Waals surface area (Å²) in [5.41, 5.74) is -11.6. The van der Waals surface area contributed by atoms with Gasteiger partial charge in [0.25, 0.3) is 0 Å². The lowest BCUT2D eigenvalue weighted by Gasteiger charge is -2.44. The van der Waals surface area contributed by atoms with E-state index in [0.717, 1.165) is 23.6 Å². The maximum Gasteiger partial charge on any atom is 0.381 e. The molecule has 1 saturated carbocycles. The van der Waals surface area contributed by atoms with E-state index in [2.05, 4.69) is 95.7 Å². The van der Waals surface area contributed by atoms with Gasteiger partial charge in [0, 0.05) is 11.6 Å². The van der Waals surface area contributed by atoms with Gasteiger partial charge in [0.2, 0.25) is 0 Å². The maximum atomic E-state index is 15.4. The molecule has 2 nitrogen and oxygen atoms in total. The first-order valence-electron chi connectivity index (χ1n) is 22.0. The van der Waals surface area contributed by atoms with Gasteiger partial charge in [0.1, 0.15) is 58.4 Å². The van der Waals surface area contributed by atoms with Gasteiger partial charge in [-0.1, -0.05) is 79.9 Å². The average molecular weight is 1070 g/mol. The van der Waals surface area contributed by atoms with Crippen LogP contribution in [-0.2, 0) is 6.54 Å². The number of ether oxygens (including phenoxy) is 1. The fourth-order valence-electron chi connectivity index (χ4n) is 9.48. The van der Waals surface area contributed by atoms with Crippen LogP contribution in [0.3, 0.4) is 0 Å². The summed E-state index contributed by atoms with van der Waals surface area (Å²) in [6.45, 7) is 0.779. The van der Waals surface area contributed by atoms with E-state index in [1.54, 1.807) is 0 Å². The minimum Gasteiger partial charge on any atom is -0.405 e. The van der Waals surface area contributed by atoms with Crippen molar-refractivity contribution in [2.24, 2.45) is 0 Å². The molecule has 8 aromatic rings. The van der Waals surface area contributed by atoms with Crippen LogP contribution in [0.2, 0.25) is 0 Å². The lowest BCUT2D eigenvalue weighted by molar-refractivity contribution is -0.691. The van der Waals surface area contributed by atoms with E-state index in [1.807, 2.05) is 0 Å². The number of hydrogen-bond acceptors (Lipinski definition) is 1. The first kappa shape index (κ1) is 53.7. The topological polar surface area (TPSA) is 13.1 Å². The molecule has 0 bridgehead atoms. The SMILES string of the molecule is Fc1c(F)c(F)c([B-](c2c(F)c(F)c(F)c(F)c2F)(c2c(F)c(F)c(F)c(F)c2F)c2c(F)c(F)c(F)c(F)c2F)c(F)c1F.c1ccc(C[n+]2ccc3ccccc3c2Oc2ccc(C3CCCCC3)cc2)cc1. The third-order valence-electron chi connectivity index (χ3n) is 13.0. The van der Waals surface area contributed by atoms with Gasteiger partial charge >= 0.3 is 5.88 Å². The van der Waals surface area contributed by atoms with E-state index in [-0.39, 0.29) is 0 Å². The van der Waals surface area contributed by atoms with Crippen LogP contribution in [0.15, 0.2) is 91.1 Å². The second kappa shape index (κ2) is 21.0. The van der Waals surface area contributed by atoms with Crippen LogP contribution in [0, 0.1) is 116 Å². The molecule has 0 saturated heterocycles. The summed E-state index contributed by atoms with van der Waals surface area (Å²) in [6.07, 6.45) is 1.66. The van der Waals surface area contributed by atoms with Crippen molar-refractivity contribution < 1.29 is 97.1 Å². The van der Waals surface area contributed by atoms with Gasteiger partial charge in [0.05, 0.1) is 5.39 Å². The number of aromatic nitrogens is 1. The summed E-state index contributed by atoms with van der Waals surface area (Å²) < 4.78 is 303. The van der Waals surface area contributed by atoms with Gasteiger partial charge in [-0.15, -0.1) is 21.9 Å². The van der Waals surface area contributed by atoms with Gasteiger partial charge in [-0.3, -0.25) is 0 Å². The highest BCUT2D eigenvalue weighted by atomic mass is 19.2. The monoisotopic (exact) mass is 1070 g/mol. The number of hydrogen-bond donors (Lipinski definition) is 0. The predicted molar refractivity (Wildman–Crippen MR) is 231 cm³/mol. The smallest absolute Gasteiger partial charge is 0.381 e. The van der Waals surface area contributed by atoms with Crippen molar-refractivity contribution in [3.8, 4) is 11.6 Å². The minimum absolute atomic E-state index is 0.716. The minimum atomic E-state index is -7.22. The highest BCUT2D eigenvalue weighted by Gasteiger charge is 2.52. The molecule has 1 aromatic heterocycles. The molecule has 1 aliphatic rings. The third kappa shape index (κ3) is 9.06. The van der Waals surface area contributed by atoms with Crippen molar-refractivity contribution >= 4 is 38.8 Å². The largest absolute Gasteiger partial charge is 0.405 e. The van der Waals surface area contributed by atoms with Gasteiger partial charge in [-0.05, 0) is 47.9 Å². The van der Waals surface area contributed by atoms with Crippen molar-refractivity contribution in [2.45, 2.75) is 44.6 Å². The van der Waals surface area contributed by atoms with Crippen LogP contribution in [-0.4, -0.2) is 6.15 Å². The van der Waals surface area contributed by atoms with Gasteiger partial charge < -0.3 is 4.74 Å². The molecule has 390 valence electrons. The second-order valence-electron chi connectivity index (χ2n) is 17.1. The number of benzene rings is 7. The van der Waals surface area contributed by atoms with E-state index < -0.39 is 144 Å². The number of rotatable bonds is 9. The van der Waals surface area contributed by atoms with E-state index in [4.69, 9.17) is 4.74 Å². The Balaban J connectivity index is 0.000000215. The Bertz CT molecular complexity index is 3150. The Hall–Kier alpha value is -7.59. The van der Waals surface area contributed by atoms with E-state index >= 15 is 35.1 Å². The molecule has 9 rings (SSSR count). The number of fused-ring (bicyclic) bond motifs is 1. The van der Waals surface area contributed by atoms with E-state index in [1.165, 1.54) is 48.6 Å². The number of nitrogens with zero attached hydrogens (tertiary/aromatic N) is 1. The quantitative estimate of drug-likeness (QED) is 0.0462.